The fourth-order valence-corrected chi connectivity index (χ4v) is 2.10. The molecular formula is C15H13BrFNO. The van der Waals surface area contributed by atoms with E-state index in [1.54, 1.807) is 25.1 Å². The molecule has 0 saturated heterocycles. The quantitative estimate of drug-likeness (QED) is 0.840. The molecule has 2 rings (SSSR count). The Hall–Kier alpha value is -1.68. The number of halogens is 2. The van der Waals surface area contributed by atoms with Crippen molar-refractivity contribution in [1.29, 1.82) is 0 Å². The Morgan fingerprint density at radius 3 is 2.74 bits per heavy atom. The molecule has 0 unspecified atom stereocenters. The van der Waals surface area contributed by atoms with Gasteiger partial charge in [-0.3, -0.25) is 4.79 Å². The van der Waals surface area contributed by atoms with Crippen LogP contribution in [0.5, 0.6) is 0 Å². The molecule has 1 amide bonds. The molecule has 0 atom stereocenters. The Kier molecular flexibility index (Phi) is 4.32. The molecule has 19 heavy (non-hydrogen) atoms. The van der Waals surface area contributed by atoms with Crippen LogP contribution in [0.4, 0.5) is 10.1 Å². The maximum Gasteiger partial charge on any atom is 0.258 e. The van der Waals surface area contributed by atoms with Crippen molar-refractivity contribution in [2.75, 3.05) is 5.32 Å². The summed E-state index contributed by atoms with van der Waals surface area (Å²) < 4.78 is 13.8. The van der Waals surface area contributed by atoms with Gasteiger partial charge in [-0.2, -0.15) is 0 Å². The van der Waals surface area contributed by atoms with Crippen LogP contribution in [0.1, 0.15) is 21.5 Å². The molecular weight excluding hydrogens is 309 g/mol. The highest BCUT2D eigenvalue weighted by atomic mass is 79.9. The topological polar surface area (TPSA) is 29.1 Å². The third-order valence-electron chi connectivity index (χ3n) is 2.78. The summed E-state index contributed by atoms with van der Waals surface area (Å²) in [6, 6.07) is 12.2. The molecule has 0 aromatic heterocycles. The first-order valence-corrected chi connectivity index (χ1v) is 6.95. The first kappa shape index (κ1) is 13.7. The van der Waals surface area contributed by atoms with Gasteiger partial charge in [0.25, 0.3) is 5.91 Å². The van der Waals surface area contributed by atoms with Gasteiger partial charge in [0.2, 0.25) is 0 Å². The Labute approximate surface area is 119 Å². The van der Waals surface area contributed by atoms with Crippen molar-refractivity contribution >= 4 is 27.5 Å². The minimum atomic E-state index is -0.475. The van der Waals surface area contributed by atoms with E-state index in [1.165, 1.54) is 6.07 Å². The van der Waals surface area contributed by atoms with Crippen LogP contribution in [-0.4, -0.2) is 5.91 Å². The first-order valence-electron chi connectivity index (χ1n) is 5.83. The lowest BCUT2D eigenvalue weighted by atomic mass is 10.1. The Morgan fingerprint density at radius 1 is 1.26 bits per heavy atom. The maximum atomic E-state index is 13.8. The molecule has 4 heteroatoms. The van der Waals surface area contributed by atoms with Crippen molar-refractivity contribution in [2.24, 2.45) is 0 Å². The minimum absolute atomic E-state index is 0.0595. The van der Waals surface area contributed by atoms with Crippen molar-refractivity contribution in [3.8, 4) is 0 Å². The number of benzene rings is 2. The Bertz CT molecular complexity index is 613. The molecule has 0 bridgehead atoms. The van der Waals surface area contributed by atoms with Gasteiger partial charge >= 0.3 is 0 Å². The summed E-state index contributed by atoms with van der Waals surface area (Å²) in [6.07, 6.45) is 0. The number of carbonyl (C=O) groups excluding carboxylic acids is 1. The molecule has 0 aliphatic heterocycles. The van der Waals surface area contributed by atoms with E-state index in [4.69, 9.17) is 0 Å². The predicted molar refractivity (Wildman–Crippen MR) is 78.2 cm³/mol. The van der Waals surface area contributed by atoms with Gasteiger partial charge in [-0.15, -0.1) is 0 Å². The number of alkyl halides is 1. The monoisotopic (exact) mass is 321 g/mol. The van der Waals surface area contributed by atoms with Crippen molar-refractivity contribution in [2.45, 2.75) is 12.3 Å². The van der Waals surface area contributed by atoms with Gasteiger partial charge < -0.3 is 5.32 Å². The van der Waals surface area contributed by atoms with Gasteiger partial charge in [0.15, 0.2) is 0 Å². The molecule has 0 spiro atoms. The van der Waals surface area contributed by atoms with E-state index in [2.05, 4.69) is 21.2 Å². The van der Waals surface area contributed by atoms with Crippen LogP contribution < -0.4 is 5.32 Å². The summed E-state index contributed by atoms with van der Waals surface area (Å²) in [5.41, 5.74) is 2.22. The SMILES string of the molecule is Cc1cccc(C(=O)Nc2cccc(CBr)c2)c1F. The van der Waals surface area contributed by atoms with E-state index in [9.17, 15) is 9.18 Å². The van der Waals surface area contributed by atoms with Gasteiger partial charge in [-0.25, -0.2) is 4.39 Å². The third-order valence-corrected chi connectivity index (χ3v) is 3.42. The second kappa shape index (κ2) is 5.97. The summed E-state index contributed by atoms with van der Waals surface area (Å²) in [5, 5.41) is 3.41. The number of aryl methyl sites for hydroxylation is 1. The number of anilines is 1. The molecule has 98 valence electrons. The van der Waals surface area contributed by atoms with Gasteiger partial charge in [0, 0.05) is 11.0 Å². The fourth-order valence-electron chi connectivity index (χ4n) is 1.75. The maximum absolute atomic E-state index is 13.8. The lowest BCUT2D eigenvalue weighted by Gasteiger charge is -2.08. The molecule has 2 aromatic carbocycles. The average Bonchev–Trinajstić information content (AvgIpc) is 2.42. The van der Waals surface area contributed by atoms with Crippen LogP contribution >= 0.6 is 15.9 Å². The number of nitrogens with one attached hydrogen (secondary N) is 1. The Balaban J connectivity index is 2.23. The molecule has 2 nitrogen and oxygen atoms in total. The van der Waals surface area contributed by atoms with Gasteiger partial charge in [-0.1, -0.05) is 40.2 Å². The van der Waals surface area contributed by atoms with Crippen LogP contribution in [0.3, 0.4) is 0 Å². The van der Waals surface area contributed by atoms with E-state index >= 15 is 0 Å². The van der Waals surface area contributed by atoms with Crippen molar-refractivity contribution in [3.63, 3.8) is 0 Å². The predicted octanol–water partition coefficient (Wildman–Crippen LogP) is 4.28. The van der Waals surface area contributed by atoms with Crippen LogP contribution in [0, 0.1) is 12.7 Å². The fraction of sp³-hybridized carbons (Fsp3) is 0.133. The molecule has 0 aliphatic carbocycles. The van der Waals surface area contributed by atoms with E-state index in [-0.39, 0.29) is 5.56 Å². The van der Waals surface area contributed by atoms with Gasteiger partial charge in [0.05, 0.1) is 5.56 Å². The molecule has 0 radical (unpaired) electrons. The minimum Gasteiger partial charge on any atom is -0.322 e. The van der Waals surface area contributed by atoms with E-state index in [1.807, 2.05) is 18.2 Å². The van der Waals surface area contributed by atoms with Crippen LogP contribution in [-0.2, 0) is 5.33 Å². The number of carbonyl (C=O) groups is 1. The van der Waals surface area contributed by atoms with Crippen LogP contribution in [0.15, 0.2) is 42.5 Å². The molecule has 0 saturated carbocycles. The second-order valence-electron chi connectivity index (χ2n) is 4.22. The van der Waals surface area contributed by atoms with Crippen LogP contribution in [0.2, 0.25) is 0 Å². The first-order chi connectivity index (χ1) is 9.11. The third kappa shape index (κ3) is 3.20. The highest BCUT2D eigenvalue weighted by Gasteiger charge is 2.13. The number of rotatable bonds is 3. The number of hydrogen-bond acceptors (Lipinski definition) is 1. The number of hydrogen-bond donors (Lipinski definition) is 1. The highest BCUT2D eigenvalue weighted by Crippen LogP contribution is 2.17. The summed E-state index contributed by atoms with van der Waals surface area (Å²) in [4.78, 5) is 12.0. The summed E-state index contributed by atoms with van der Waals surface area (Å²) >= 11 is 3.35. The standard InChI is InChI=1S/C15H13BrFNO/c1-10-4-2-7-13(14(10)17)15(19)18-12-6-3-5-11(8-12)9-16/h2-8H,9H2,1H3,(H,18,19). The second-order valence-corrected chi connectivity index (χ2v) is 4.79. The zero-order valence-electron chi connectivity index (χ0n) is 10.4. The summed E-state index contributed by atoms with van der Waals surface area (Å²) in [6.45, 7) is 1.64. The smallest absolute Gasteiger partial charge is 0.258 e. The van der Waals surface area contributed by atoms with E-state index < -0.39 is 11.7 Å². The highest BCUT2D eigenvalue weighted by molar-refractivity contribution is 9.08. The van der Waals surface area contributed by atoms with Gasteiger partial charge in [-0.05, 0) is 36.2 Å². The van der Waals surface area contributed by atoms with E-state index in [0.717, 1.165) is 5.56 Å². The van der Waals surface area contributed by atoms with Crippen LogP contribution in [0.25, 0.3) is 0 Å². The largest absolute Gasteiger partial charge is 0.322 e. The summed E-state index contributed by atoms with van der Waals surface area (Å²) in [7, 11) is 0. The average molecular weight is 322 g/mol. The van der Waals surface area contributed by atoms with E-state index in [0.29, 0.717) is 16.6 Å². The molecule has 0 heterocycles. The molecule has 2 aromatic rings. The number of amides is 1. The zero-order chi connectivity index (χ0) is 13.8. The zero-order valence-corrected chi connectivity index (χ0v) is 12.0. The Morgan fingerprint density at radius 2 is 2.00 bits per heavy atom. The summed E-state index contributed by atoms with van der Waals surface area (Å²) in [5.74, 6) is -0.912. The molecule has 0 aliphatic rings. The van der Waals surface area contributed by atoms with Crippen molar-refractivity contribution in [1.82, 2.24) is 0 Å². The lowest BCUT2D eigenvalue weighted by molar-refractivity contribution is 0.102. The molecule has 0 fully saturated rings. The van der Waals surface area contributed by atoms with Gasteiger partial charge in [0.1, 0.15) is 5.82 Å². The molecule has 1 N–H and O–H groups in total. The van der Waals surface area contributed by atoms with Crippen molar-refractivity contribution in [3.05, 3.63) is 65.0 Å². The lowest BCUT2D eigenvalue weighted by Crippen LogP contribution is -2.14. The normalized spacial score (nSPS) is 10.3. The van der Waals surface area contributed by atoms with Crippen molar-refractivity contribution < 1.29 is 9.18 Å².